The maximum Gasteiger partial charge on any atom is 0.264 e. The van der Waals surface area contributed by atoms with Crippen LogP contribution < -0.4 is 14.4 Å². The fraction of sp³-hybridized carbons (Fsp3) is 0.296. The van der Waals surface area contributed by atoms with Gasteiger partial charge >= 0.3 is 0 Å². The molecule has 3 aromatic rings. The Labute approximate surface area is 215 Å². The van der Waals surface area contributed by atoms with E-state index in [2.05, 4.69) is 21.2 Å². The van der Waals surface area contributed by atoms with Gasteiger partial charge in [0.05, 0.1) is 10.6 Å². The van der Waals surface area contributed by atoms with E-state index in [1.165, 1.54) is 10.4 Å². The minimum Gasteiger partial charge on any atom is -0.483 e. The maximum atomic E-state index is 13.3. The van der Waals surface area contributed by atoms with Gasteiger partial charge in [-0.05, 0) is 84.8 Å². The average Bonchev–Trinajstić information content (AvgIpc) is 3.29. The average molecular weight is 558 g/mol. The Balaban J connectivity index is 1.46. The van der Waals surface area contributed by atoms with E-state index in [0.29, 0.717) is 24.3 Å². The van der Waals surface area contributed by atoms with Crippen LogP contribution in [-0.4, -0.2) is 27.5 Å². The molecular formula is C27H29BrN2O4S. The number of hydrogen-bond acceptors (Lipinski definition) is 4. The molecule has 0 aromatic heterocycles. The number of amides is 1. The molecule has 0 unspecified atom stereocenters. The van der Waals surface area contributed by atoms with Crippen molar-refractivity contribution in [3.8, 4) is 5.75 Å². The molecule has 1 N–H and O–H groups in total. The number of halogens is 1. The molecule has 0 saturated carbocycles. The quantitative estimate of drug-likeness (QED) is 0.389. The van der Waals surface area contributed by atoms with Gasteiger partial charge < -0.3 is 10.1 Å². The van der Waals surface area contributed by atoms with Crippen molar-refractivity contribution >= 4 is 43.2 Å². The number of nitrogens with zero attached hydrogens (tertiary/aromatic N) is 1. The van der Waals surface area contributed by atoms with Gasteiger partial charge in [0.15, 0.2) is 6.61 Å². The van der Waals surface area contributed by atoms with Crippen LogP contribution in [0.4, 0.5) is 11.4 Å². The summed E-state index contributed by atoms with van der Waals surface area (Å²) in [5, 5.41) is 2.99. The molecule has 6 nitrogen and oxygen atoms in total. The van der Waals surface area contributed by atoms with E-state index in [4.69, 9.17) is 4.74 Å². The lowest BCUT2D eigenvalue weighted by atomic mass is 10.0. The van der Waals surface area contributed by atoms with Gasteiger partial charge in [-0.15, -0.1) is 0 Å². The molecule has 0 aliphatic carbocycles. The summed E-state index contributed by atoms with van der Waals surface area (Å²) in [5.74, 6) is 0.213. The Morgan fingerprint density at radius 1 is 1.06 bits per heavy atom. The second-order valence-corrected chi connectivity index (χ2v) is 11.3. The number of ether oxygens (including phenoxy) is 1. The van der Waals surface area contributed by atoms with Gasteiger partial charge in [0, 0.05) is 16.7 Å². The highest BCUT2D eigenvalue weighted by atomic mass is 79.9. The molecule has 35 heavy (non-hydrogen) atoms. The lowest BCUT2D eigenvalue weighted by Gasteiger charge is -2.20. The summed E-state index contributed by atoms with van der Waals surface area (Å²) in [6.45, 7) is 6.13. The summed E-state index contributed by atoms with van der Waals surface area (Å²) in [6, 6.07) is 16.3. The number of rotatable bonds is 8. The Morgan fingerprint density at radius 3 is 2.40 bits per heavy atom. The van der Waals surface area contributed by atoms with Crippen LogP contribution in [0.25, 0.3) is 0 Å². The van der Waals surface area contributed by atoms with Crippen LogP contribution >= 0.6 is 15.9 Å². The number of sulfonamides is 1. The fourth-order valence-corrected chi connectivity index (χ4v) is 6.53. The highest BCUT2D eigenvalue weighted by molar-refractivity contribution is 9.10. The number of hydrogen-bond donors (Lipinski definition) is 1. The van der Waals surface area contributed by atoms with Gasteiger partial charge in [-0.2, -0.15) is 0 Å². The van der Waals surface area contributed by atoms with Crippen molar-refractivity contribution in [3.05, 3.63) is 81.3 Å². The molecule has 0 radical (unpaired) electrons. The smallest absolute Gasteiger partial charge is 0.264 e. The van der Waals surface area contributed by atoms with Gasteiger partial charge in [-0.3, -0.25) is 9.10 Å². The number of carbonyl (C=O) groups excluding carboxylic acids is 1. The van der Waals surface area contributed by atoms with E-state index in [0.717, 1.165) is 45.4 Å². The minimum atomic E-state index is -3.69. The standard InChI is InChI=1S/C27H29BrN2O4S/c1-4-19-15-22(28)16-20(5-2)27(19)29-26(31)17-34-25-11-10-23(14-18(25)3)35(32,33)30-13-12-21-8-6-7-9-24(21)30/h6-11,14-16H,4-5,12-13,17H2,1-3H3,(H,29,31). The summed E-state index contributed by atoms with van der Waals surface area (Å²) in [7, 11) is -3.69. The molecular weight excluding hydrogens is 528 g/mol. The van der Waals surface area contributed by atoms with Gasteiger partial charge in [0.25, 0.3) is 15.9 Å². The van der Waals surface area contributed by atoms with E-state index in [1.54, 1.807) is 19.1 Å². The summed E-state index contributed by atoms with van der Waals surface area (Å²) in [5.41, 5.74) is 5.35. The zero-order chi connectivity index (χ0) is 25.2. The molecule has 0 bridgehead atoms. The molecule has 1 aliphatic rings. The zero-order valence-electron chi connectivity index (χ0n) is 20.1. The van der Waals surface area contributed by atoms with Crippen LogP contribution in [0.2, 0.25) is 0 Å². The molecule has 0 atom stereocenters. The lowest BCUT2D eigenvalue weighted by Crippen LogP contribution is -2.29. The lowest BCUT2D eigenvalue weighted by molar-refractivity contribution is -0.118. The van der Waals surface area contributed by atoms with Crippen molar-refractivity contribution < 1.29 is 17.9 Å². The Bertz CT molecular complexity index is 1350. The van der Waals surface area contributed by atoms with E-state index in [1.807, 2.05) is 50.2 Å². The fourth-order valence-electron chi connectivity index (χ4n) is 4.39. The van der Waals surface area contributed by atoms with Crippen LogP contribution in [0.15, 0.2) is 64.0 Å². The third-order valence-corrected chi connectivity index (χ3v) is 8.50. The number of aryl methyl sites for hydroxylation is 3. The van der Waals surface area contributed by atoms with Gasteiger partial charge in [0.2, 0.25) is 0 Å². The van der Waals surface area contributed by atoms with Gasteiger partial charge in [0.1, 0.15) is 5.75 Å². The van der Waals surface area contributed by atoms with E-state index < -0.39 is 10.0 Å². The van der Waals surface area contributed by atoms with Crippen LogP contribution in [-0.2, 0) is 34.1 Å². The monoisotopic (exact) mass is 556 g/mol. The molecule has 3 aromatic carbocycles. The number of fused-ring (bicyclic) bond motifs is 1. The third kappa shape index (κ3) is 5.23. The Kier molecular flexibility index (Phi) is 7.52. The second-order valence-electron chi connectivity index (χ2n) is 8.53. The van der Waals surface area contributed by atoms with Crippen LogP contribution in [0, 0.1) is 6.92 Å². The first-order valence-electron chi connectivity index (χ1n) is 11.7. The molecule has 1 aliphatic heterocycles. The molecule has 8 heteroatoms. The Hall–Kier alpha value is -2.84. The number of carbonyl (C=O) groups is 1. The normalized spacial score (nSPS) is 13.0. The first-order chi connectivity index (χ1) is 16.7. The molecule has 0 saturated heterocycles. The van der Waals surface area contributed by atoms with Crippen molar-refractivity contribution in [1.82, 2.24) is 0 Å². The molecule has 4 rings (SSSR count). The van der Waals surface area contributed by atoms with Crippen molar-refractivity contribution in [3.63, 3.8) is 0 Å². The highest BCUT2D eigenvalue weighted by Gasteiger charge is 2.30. The van der Waals surface area contributed by atoms with Crippen LogP contribution in [0.5, 0.6) is 5.75 Å². The first kappa shape index (κ1) is 25.3. The SMILES string of the molecule is CCc1cc(Br)cc(CC)c1NC(=O)COc1ccc(S(=O)(=O)N2CCc3ccccc32)cc1C. The van der Waals surface area contributed by atoms with Crippen molar-refractivity contribution in [1.29, 1.82) is 0 Å². The highest BCUT2D eigenvalue weighted by Crippen LogP contribution is 2.34. The molecule has 0 fully saturated rings. The summed E-state index contributed by atoms with van der Waals surface area (Å²) in [6.07, 6.45) is 2.28. The van der Waals surface area contributed by atoms with Crippen molar-refractivity contribution in [2.75, 3.05) is 22.8 Å². The molecule has 0 spiro atoms. The van der Waals surface area contributed by atoms with E-state index in [-0.39, 0.29) is 17.4 Å². The van der Waals surface area contributed by atoms with E-state index >= 15 is 0 Å². The van der Waals surface area contributed by atoms with Gasteiger partial charge in [-0.25, -0.2) is 8.42 Å². The topological polar surface area (TPSA) is 75.7 Å². The third-order valence-electron chi connectivity index (χ3n) is 6.23. The Morgan fingerprint density at radius 2 is 1.74 bits per heavy atom. The predicted octanol–water partition coefficient (Wildman–Crippen LogP) is 5.65. The number of para-hydroxylation sites is 1. The van der Waals surface area contributed by atoms with E-state index in [9.17, 15) is 13.2 Å². The van der Waals surface area contributed by atoms with Crippen LogP contribution in [0.1, 0.15) is 36.1 Å². The first-order valence-corrected chi connectivity index (χ1v) is 13.9. The van der Waals surface area contributed by atoms with Crippen molar-refractivity contribution in [2.24, 2.45) is 0 Å². The minimum absolute atomic E-state index is 0.172. The largest absolute Gasteiger partial charge is 0.483 e. The van der Waals surface area contributed by atoms with Gasteiger partial charge in [-0.1, -0.05) is 48.0 Å². The zero-order valence-corrected chi connectivity index (χ0v) is 22.5. The van der Waals surface area contributed by atoms with Crippen molar-refractivity contribution in [2.45, 2.75) is 44.9 Å². The summed E-state index contributed by atoms with van der Waals surface area (Å²) >= 11 is 3.53. The predicted molar refractivity (Wildman–Crippen MR) is 143 cm³/mol. The molecule has 1 amide bonds. The van der Waals surface area contributed by atoms with Crippen LogP contribution in [0.3, 0.4) is 0 Å². The summed E-state index contributed by atoms with van der Waals surface area (Å²) in [4.78, 5) is 12.9. The molecule has 1 heterocycles. The number of anilines is 2. The summed E-state index contributed by atoms with van der Waals surface area (Å²) < 4.78 is 34.8. The maximum absolute atomic E-state index is 13.3. The number of benzene rings is 3. The second kappa shape index (κ2) is 10.4. The number of nitrogens with one attached hydrogen (secondary N) is 1. The molecule has 184 valence electrons.